The second-order valence-corrected chi connectivity index (χ2v) is 4.05. The Hall–Kier alpha value is -1.51. The number of benzene rings is 1. The highest BCUT2D eigenvalue weighted by molar-refractivity contribution is 5.92. The molecule has 0 saturated carbocycles. The molecule has 1 atom stereocenters. The lowest BCUT2D eigenvalue weighted by atomic mass is 10.1. The number of esters is 1. The topological polar surface area (TPSA) is 35.5 Å². The SMILES string of the molecule is COC(=O)c1ccccc1OC(C)C(C)C. The summed E-state index contributed by atoms with van der Waals surface area (Å²) in [6.07, 6.45) is 0.0609. The quantitative estimate of drug-likeness (QED) is 0.735. The Kier molecular flexibility index (Phi) is 4.35. The molecule has 1 aromatic carbocycles. The van der Waals surface area contributed by atoms with E-state index in [9.17, 15) is 4.79 Å². The minimum Gasteiger partial charge on any atom is -0.490 e. The van der Waals surface area contributed by atoms with Crippen molar-refractivity contribution >= 4 is 5.97 Å². The molecule has 0 aromatic heterocycles. The summed E-state index contributed by atoms with van der Waals surface area (Å²) in [6, 6.07) is 7.12. The van der Waals surface area contributed by atoms with Crippen LogP contribution < -0.4 is 4.74 Å². The normalized spacial score (nSPS) is 12.3. The number of hydrogen-bond acceptors (Lipinski definition) is 3. The molecular formula is C13H18O3. The van der Waals surface area contributed by atoms with Gasteiger partial charge < -0.3 is 9.47 Å². The monoisotopic (exact) mass is 222 g/mol. The maximum Gasteiger partial charge on any atom is 0.341 e. The highest BCUT2D eigenvalue weighted by Crippen LogP contribution is 2.21. The van der Waals surface area contributed by atoms with Crippen LogP contribution in [0.4, 0.5) is 0 Å². The summed E-state index contributed by atoms with van der Waals surface area (Å²) < 4.78 is 10.4. The minimum absolute atomic E-state index is 0.0609. The highest BCUT2D eigenvalue weighted by Gasteiger charge is 2.15. The lowest BCUT2D eigenvalue weighted by Gasteiger charge is -2.19. The first-order valence-electron chi connectivity index (χ1n) is 5.40. The fourth-order valence-electron chi connectivity index (χ4n) is 1.18. The summed E-state index contributed by atoms with van der Waals surface area (Å²) in [5.74, 6) is 0.604. The molecule has 1 aromatic rings. The van der Waals surface area contributed by atoms with Crippen LogP contribution >= 0.6 is 0 Å². The molecule has 3 heteroatoms. The summed E-state index contributed by atoms with van der Waals surface area (Å²) >= 11 is 0. The summed E-state index contributed by atoms with van der Waals surface area (Å²) in [5, 5.41) is 0. The van der Waals surface area contributed by atoms with Crippen LogP contribution in [0, 0.1) is 5.92 Å². The van der Waals surface area contributed by atoms with Crippen molar-refractivity contribution in [3.8, 4) is 5.75 Å². The molecule has 0 aliphatic heterocycles. The molecule has 16 heavy (non-hydrogen) atoms. The van der Waals surface area contributed by atoms with Gasteiger partial charge in [-0.1, -0.05) is 26.0 Å². The number of methoxy groups -OCH3 is 1. The van der Waals surface area contributed by atoms with E-state index >= 15 is 0 Å². The first kappa shape index (κ1) is 12.6. The number of rotatable bonds is 4. The Balaban J connectivity index is 2.91. The first-order chi connectivity index (χ1) is 7.56. The standard InChI is InChI=1S/C13H18O3/c1-9(2)10(3)16-12-8-6-5-7-11(12)13(14)15-4/h5-10H,1-4H3. The van der Waals surface area contributed by atoms with E-state index in [0.717, 1.165) is 0 Å². The van der Waals surface area contributed by atoms with E-state index in [4.69, 9.17) is 9.47 Å². The Bertz CT molecular complexity index is 358. The van der Waals surface area contributed by atoms with E-state index in [1.54, 1.807) is 18.2 Å². The molecule has 88 valence electrons. The lowest BCUT2D eigenvalue weighted by Crippen LogP contribution is -2.20. The molecule has 0 fully saturated rings. The zero-order chi connectivity index (χ0) is 12.1. The van der Waals surface area contributed by atoms with Gasteiger partial charge in [-0.2, -0.15) is 0 Å². The fourth-order valence-corrected chi connectivity index (χ4v) is 1.18. The Morgan fingerprint density at radius 2 is 1.81 bits per heavy atom. The third-order valence-electron chi connectivity index (χ3n) is 2.54. The van der Waals surface area contributed by atoms with Crippen LogP contribution in [-0.2, 0) is 4.74 Å². The summed E-state index contributed by atoms with van der Waals surface area (Å²) in [6.45, 7) is 6.13. The molecule has 0 aliphatic rings. The Labute approximate surface area is 96.4 Å². The average molecular weight is 222 g/mol. The third-order valence-corrected chi connectivity index (χ3v) is 2.54. The molecule has 0 N–H and O–H groups in total. The Morgan fingerprint density at radius 1 is 1.19 bits per heavy atom. The molecule has 0 bridgehead atoms. The van der Waals surface area contributed by atoms with Gasteiger partial charge >= 0.3 is 5.97 Å². The molecule has 0 aliphatic carbocycles. The predicted octanol–water partition coefficient (Wildman–Crippen LogP) is 2.90. The molecule has 3 nitrogen and oxygen atoms in total. The third kappa shape index (κ3) is 2.99. The molecule has 0 radical (unpaired) electrons. The molecule has 0 spiro atoms. The zero-order valence-electron chi connectivity index (χ0n) is 10.2. The summed E-state index contributed by atoms with van der Waals surface area (Å²) in [5.41, 5.74) is 0.470. The summed E-state index contributed by atoms with van der Waals surface area (Å²) in [7, 11) is 1.37. The van der Waals surface area contributed by atoms with Crippen molar-refractivity contribution in [2.24, 2.45) is 5.92 Å². The number of carbonyl (C=O) groups is 1. The molecular weight excluding hydrogens is 204 g/mol. The number of carbonyl (C=O) groups excluding carboxylic acids is 1. The highest BCUT2D eigenvalue weighted by atomic mass is 16.5. The van der Waals surface area contributed by atoms with Crippen molar-refractivity contribution in [2.75, 3.05) is 7.11 Å². The van der Waals surface area contributed by atoms with Gasteiger partial charge in [0.2, 0.25) is 0 Å². The first-order valence-corrected chi connectivity index (χ1v) is 5.40. The van der Waals surface area contributed by atoms with Crippen molar-refractivity contribution in [3.05, 3.63) is 29.8 Å². The van der Waals surface area contributed by atoms with Gasteiger partial charge in [0.05, 0.1) is 13.2 Å². The predicted molar refractivity (Wildman–Crippen MR) is 62.7 cm³/mol. The molecule has 1 rings (SSSR count). The molecule has 0 heterocycles. The molecule has 0 saturated heterocycles. The largest absolute Gasteiger partial charge is 0.490 e. The average Bonchev–Trinajstić information content (AvgIpc) is 2.28. The van der Waals surface area contributed by atoms with Crippen molar-refractivity contribution in [3.63, 3.8) is 0 Å². The van der Waals surface area contributed by atoms with Crippen LogP contribution in [0.1, 0.15) is 31.1 Å². The van der Waals surface area contributed by atoms with Gasteiger partial charge in [0.1, 0.15) is 11.3 Å². The zero-order valence-corrected chi connectivity index (χ0v) is 10.2. The minimum atomic E-state index is -0.369. The van der Waals surface area contributed by atoms with E-state index in [1.165, 1.54) is 7.11 Å². The maximum absolute atomic E-state index is 11.5. The molecule has 0 amide bonds. The number of para-hydroxylation sites is 1. The van der Waals surface area contributed by atoms with Crippen molar-refractivity contribution in [1.82, 2.24) is 0 Å². The van der Waals surface area contributed by atoms with Crippen molar-refractivity contribution < 1.29 is 14.3 Å². The van der Waals surface area contributed by atoms with E-state index in [1.807, 2.05) is 13.0 Å². The van der Waals surface area contributed by atoms with E-state index in [2.05, 4.69) is 13.8 Å². The van der Waals surface area contributed by atoms with Gasteiger partial charge in [0.15, 0.2) is 0 Å². The van der Waals surface area contributed by atoms with Crippen LogP contribution in [0.2, 0.25) is 0 Å². The molecule has 1 unspecified atom stereocenters. The van der Waals surface area contributed by atoms with E-state index in [0.29, 0.717) is 17.2 Å². The Morgan fingerprint density at radius 3 is 2.38 bits per heavy atom. The van der Waals surface area contributed by atoms with Crippen LogP contribution in [0.25, 0.3) is 0 Å². The van der Waals surface area contributed by atoms with Gasteiger partial charge in [0, 0.05) is 0 Å². The van der Waals surface area contributed by atoms with Crippen LogP contribution in [0.5, 0.6) is 5.75 Å². The van der Waals surface area contributed by atoms with Gasteiger partial charge in [-0.25, -0.2) is 4.79 Å². The van der Waals surface area contributed by atoms with Gasteiger partial charge in [-0.15, -0.1) is 0 Å². The summed E-state index contributed by atoms with van der Waals surface area (Å²) in [4.78, 5) is 11.5. The fraction of sp³-hybridized carbons (Fsp3) is 0.462. The second-order valence-electron chi connectivity index (χ2n) is 4.05. The van der Waals surface area contributed by atoms with E-state index in [-0.39, 0.29) is 12.1 Å². The lowest BCUT2D eigenvalue weighted by molar-refractivity contribution is 0.0591. The van der Waals surface area contributed by atoms with Crippen molar-refractivity contribution in [1.29, 1.82) is 0 Å². The van der Waals surface area contributed by atoms with Crippen LogP contribution in [0.15, 0.2) is 24.3 Å². The van der Waals surface area contributed by atoms with Crippen molar-refractivity contribution in [2.45, 2.75) is 26.9 Å². The van der Waals surface area contributed by atoms with Crippen LogP contribution in [-0.4, -0.2) is 19.2 Å². The van der Waals surface area contributed by atoms with E-state index < -0.39 is 0 Å². The van der Waals surface area contributed by atoms with Crippen LogP contribution in [0.3, 0.4) is 0 Å². The smallest absolute Gasteiger partial charge is 0.341 e. The second kappa shape index (κ2) is 5.54. The van der Waals surface area contributed by atoms with Gasteiger partial charge in [0.25, 0.3) is 0 Å². The number of hydrogen-bond donors (Lipinski definition) is 0. The van der Waals surface area contributed by atoms with Gasteiger partial charge in [-0.05, 0) is 25.0 Å². The van der Waals surface area contributed by atoms with Gasteiger partial charge in [-0.3, -0.25) is 0 Å². The number of ether oxygens (including phenoxy) is 2. The maximum atomic E-state index is 11.5.